The topological polar surface area (TPSA) is 103 Å². The Kier molecular flexibility index (Phi) is 15.0. The molecule has 1 saturated heterocycles. The second-order valence-electron chi connectivity index (χ2n) is 9.63. The van der Waals surface area contributed by atoms with Crippen LogP contribution in [0.4, 0.5) is 0 Å². The zero-order chi connectivity index (χ0) is 21.8. The minimum atomic E-state index is 0. The van der Waals surface area contributed by atoms with Crippen LogP contribution in [-0.2, 0) is 4.74 Å². The summed E-state index contributed by atoms with van der Waals surface area (Å²) < 4.78 is 4.94. The van der Waals surface area contributed by atoms with Gasteiger partial charge in [0.25, 0.3) is 0 Å². The molecule has 0 bridgehead atoms. The van der Waals surface area contributed by atoms with E-state index in [4.69, 9.17) is 20.9 Å². The molecule has 1 aliphatic heterocycles. The van der Waals surface area contributed by atoms with E-state index in [0.29, 0.717) is 38.3 Å². The van der Waals surface area contributed by atoms with Crippen molar-refractivity contribution in [2.24, 2.45) is 16.6 Å². The lowest BCUT2D eigenvalue weighted by atomic mass is 9.63. The predicted octanol–water partition coefficient (Wildman–Crippen LogP) is 3.87. The Morgan fingerprint density at radius 1 is 1.23 bits per heavy atom. The van der Waals surface area contributed by atoms with Gasteiger partial charge in [0.15, 0.2) is 0 Å². The summed E-state index contributed by atoms with van der Waals surface area (Å²) in [5.74, 6) is 0. The Balaban J connectivity index is -0.000000393. The van der Waals surface area contributed by atoms with E-state index < -0.39 is 0 Å². The van der Waals surface area contributed by atoms with Crippen molar-refractivity contribution in [3.05, 3.63) is 18.1 Å². The lowest BCUT2D eigenvalue weighted by Gasteiger charge is -2.45. The summed E-state index contributed by atoms with van der Waals surface area (Å²) in [5.41, 5.74) is 10.3. The highest BCUT2D eigenvalue weighted by atomic mass is 16.5. The number of allylic oxidation sites excluding steroid dienone is 1. The molecule has 0 aromatic heterocycles. The van der Waals surface area contributed by atoms with E-state index in [1.165, 1.54) is 23.5 Å². The fourth-order valence-corrected chi connectivity index (χ4v) is 4.35. The molecule has 0 amide bonds. The first-order chi connectivity index (χ1) is 13.7. The van der Waals surface area contributed by atoms with E-state index >= 15 is 0 Å². The summed E-state index contributed by atoms with van der Waals surface area (Å²) in [5, 5.41) is 22.0. The van der Waals surface area contributed by atoms with Gasteiger partial charge in [-0.05, 0) is 56.0 Å². The van der Waals surface area contributed by atoms with Gasteiger partial charge in [0.1, 0.15) is 0 Å². The molecule has 1 heterocycles. The number of rotatable bonds is 7. The molecule has 0 aromatic carbocycles. The third-order valence-corrected chi connectivity index (χ3v) is 5.39. The number of hydrogen-bond donors (Lipinski definition) is 5. The quantitative estimate of drug-likeness (QED) is 0.307. The van der Waals surface area contributed by atoms with Gasteiger partial charge in [0.2, 0.25) is 0 Å². The second kappa shape index (κ2) is 15.3. The van der Waals surface area contributed by atoms with Crippen molar-refractivity contribution >= 4 is 0 Å². The third kappa shape index (κ3) is 14.5. The van der Waals surface area contributed by atoms with Gasteiger partial charge in [-0.15, -0.1) is 0 Å². The van der Waals surface area contributed by atoms with Crippen LogP contribution in [0.2, 0.25) is 0 Å². The molecule has 3 aliphatic rings. The average Bonchev–Trinajstić information content (AvgIpc) is 3.43. The van der Waals surface area contributed by atoms with Gasteiger partial charge in [0.05, 0.1) is 13.2 Å². The van der Waals surface area contributed by atoms with Crippen molar-refractivity contribution in [2.45, 2.75) is 73.3 Å². The Morgan fingerprint density at radius 2 is 1.87 bits per heavy atom. The largest absolute Gasteiger partial charge is 0.379 e. The Bertz CT molecular complexity index is 478. The standard InChI is InChI=1S/C10H22N2O.C8H14N.C4H9NO2.CH4.2H2/c1-9(2)4-8(11)5-10(3,6-9)7-12-13;1-2-6-9-7-5-8-3-4-8;6-5-1-3-7-4-2-5;;;/h8,12-13H,4-7,11H2,1-3H3;3-4,9H,2,5-7H2,1H3;6H,1-4H2;1H4;2*1H. The van der Waals surface area contributed by atoms with Crippen LogP contribution in [0.3, 0.4) is 0 Å². The van der Waals surface area contributed by atoms with Gasteiger partial charge >= 0.3 is 0 Å². The summed E-state index contributed by atoms with van der Waals surface area (Å²) >= 11 is 0. The second-order valence-corrected chi connectivity index (χ2v) is 9.63. The molecule has 0 aromatic rings. The molecule has 2 unspecified atom stereocenters. The van der Waals surface area contributed by atoms with E-state index in [1.807, 2.05) is 0 Å². The van der Waals surface area contributed by atoms with E-state index in [9.17, 15) is 0 Å². The number of nitrogens with two attached hydrogens (primary N) is 1. The maximum absolute atomic E-state index is 8.75. The number of nitrogens with zero attached hydrogens (tertiary/aromatic N) is 1. The van der Waals surface area contributed by atoms with Crippen molar-refractivity contribution in [1.29, 1.82) is 0 Å². The first-order valence-electron chi connectivity index (χ1n) is 11.1. The Labute approximate surface area is 188 Å². The molecule has 30 heavy (non-hydrogen) atoms. The van der Waals surface area contributed by atoms with Crippen LogP contribution in [0.15, 0.2) is 11.6 Å². The first kappa shape index (κ1) is 29.5. The molecule has 0 spiro atoms. The van der Waals surface area contributed by atoms with Crippen molar-refractivity contribution < 1.29 is 18.0 Å². The zero-order valence-corrected chi connectivity index (χ0v) is 19.0. The molecule has 1 radical (unpaired) electrons. The lowest BCUT2D eigenvalue weighted by Crippen LogP contribution is -2.46. The lowest BCUT2D eigenvalue weighted by molar-refractivity contribution is -0.143. The van der Waals surface area contributed by atoms with Gasteiger partial charge in [-0.25, -0.2) is 5.48 Å². The number of ether oxygens (including phenoxy) is 1. The molecular formula is C23H53N4O3. The minimum Gasteiger partial charge on any atom is -0.379 e. The SMILES string of the molecule is C.CC1(C)CC(N)CC(C)(CNO)C1.CCCNCCC1=C[CH]1.ON1CCOCC1.[HH].[HH]. The van der Waals surface area contributed by atoms with Crippen molar-refractivity contribution in [1.82, 2.24) is 15.9 Å². The summed E-state index contributed by atoms with van der Waals surface area (Å²) in [6.45, 7) is 14.5. The van der Waals surface area contributed by atoms with Crippen LogP contribution in [0.1, 0.15) is 70.1 Å². The van der Waals surface area contributed by atoms with Crippen LogP contribution < -0.4 is 16.5 Å². The first-order valence-corrected chi connectivity index (χ1v) is 11.1. The molecule has 2 fully saturated rings. The highest BCUT2D eigenvalue weighted by Gasteiger charge is 2.39. The van der Waals surface area contributed by atoms with Gasteiger partial charge in [0, 0.05) is 35.0 Å². The van der Waals surface area contributed by atoms with E-state index in [1.54, 1.807) is 0 Å². The molecule has 2 atom stereocenters. The van der Waals surface area contributed by atoms with Gasteiger partial charge in [-0.2, -0.15) is 5.06 Å². The maximum Gasteiger partial charge on any atom is 0.0617 e. The molecule has 3 rings (SSSR count). The summed E-state index contributed by atoms with van der Waals surface area (Å²) in [6.07, 6.45) is 10.0. The number of nitrogens with one attached hydrogen (secondary N) is 2. The number of hydrogen-bond acceptors (Lipinski definition) is 7. The van der Waals surface area contributed by atoms with Crippen molar-refractivity contribution in [2.75, 3.05) is 45.9 Å². The van der Waals surface area contributed by atoms with Gasteiger partial charge in [-0.3, -0.25) is 0 Å². The molecule has 1 saturated carbocycles. The highest BCUT2D eigenvalue weighted by Crippen LogP contribution is 2.44. The summed E-state index contributed by atoms with van der Waals surface area (Å²) in [6, 6.07) is 0.280. The van der Waals surface area contributed by atoms with Crippen LogP contribution in [0.5, 0.6) is 0 Å². The van der Waals surface area contributed by atoms with Crippen LogP contribution in [-0.4, -0.2) is 67.5 Å². The normalized spacial score (nSPS) is 27.4. The smallest absolute Gasteiger partial charge is 0.0617 e. The van der Waals surface area contributed by atoms with Gasteiger partial charge < -0.3 is 26.2 Å². The fraction of sp³-hybridized carbons (Fsp3) is 0.870. The van der Waals surface area contributed by atoms with E-state index in [0.717, 1.165) is 32.4 Å². The average molecular weight is 434 g/mol. The minimum absolute atomic E-state index is 0. The molecule has 7 nitrogen and oxygen atoms in total. The van der Waals surface area contributed by atoms with Crippen LogP contribution in [0.25, 0.3) is 0 Å². The van der Waals surface area contributed by atoms with E-state index in [-0.39, 0.29) is 21.7 Å². The highest BCUT2D eigenvalue weighted by molar-refractivity contribution is 5.38. The molecule has 2 aliphatic carbocycles. The molecular weight excluding hydrogens is 380 g/mol. The monoisotopic (exact) mass is 433 g/mol. The van der Waals surface area contributed by atoms with Gasteiger partial charge in [-0.1, -0.05) is 46.8 Å². The maximum atomic E-state index is 8.75. The van der Waals surface area contributed by atoms with Crippen molar-refractivity contribution in [3.8, 4) is 0 Å². The summed E-state index contributed by atoms with van der Waals surface area (Å²) in [7, 11) is 0. The fourth-order valence-electron chi connectivity index (χ4n) is 4.35. The Hall–Kier alpha value is -0.540. The number of hydroxylamine groups is 3. The van der Waals surface area contributed by atoms with E-state index in [2.05, 4.69) is 51.0 Å². The third-order valence-electron chi connectivity index (χ3n) is 5.39. The van der Waals surface area contributed by atoms with Crippen molar-refractivity contribution in [3.63, 3.8) is 0 Å². The molecule has 183 valence electrons. The zero-order valence-electron chi connectivity index (χ0n) is 19.0. The van der Waals surface area contributed by atoms with Crippen LogP contribution in [0, 0.1) is 17.3 Å². The predicted molar refractivity (Wildman–Crippen MR) is 129 cm³/mol. The molecule has 6 N–H and O–H groups in total. The summed E-state index contributed by atoms with van der Waals surface area (Å²) in [4.78, 5) is 0. The number of morpholine rings is 1. The Morgan fingerprint density at radius 3 is 2.30 bits per heavy atom. The molecule has 7 heteroatoms. The van der Waals surface area contributed by atoms with Crippen LogP contribution >= 0.6 is 0 Å².